The Morgan fingerprint density at radius 3 is 2.31 bits per heavy atom. The van der Waals surface area contributed by atoms with E-state index in [2.05, 4.69) is 24.0 Å². The fraction of sp³-hybridized carbons (Fsp3) is 0.231. The van der Waals surface area contributed by atoms with Gasteiger partial charge in [0.15, 0.2) is 17.4 Å². The van der Waals surface area contributed by atoms with Crippen molar-refractivity contribution in [2.75, 3.05) is 4.90 Å². The van der Waals surface area contributed by atoms with Crippen LogP contribution >= 0.6 is 0 Å². The van der Waals surface area contributed by atoms with Crippen molar-refractivity contribution in [3.63, 3.8) is 0 Å². The van der Waals surface area contributed by atoms with E-state index in [1.54, 1.807) is 37.3 Å². The highest BCUT2D eigenvalue weighted by Crippen LogP contribution is 2.41. The topological polar surface area (TPSA) is 83.4 Å². The summed E-state index contributed by atoms with van der Waals surface area (Å²) in [6.07, 6.45) is 0. The lowest BCUT2D eigenvalue weighted by atomic mass is 9.91. The van der Waals surface area contributed by atoms with E-state index in [4.69, 9.17) is 0 Å². The molecule has 0 saturated carbocycles. The van der Waals surface area contributed by atoms with Gasteiger partial charge in [0.05, 0.1) is 17.3 Å². The average molecular weight is 428 g/mol. The molecule has 0 saturated heterocycles. The molecule has 1 aliphatic heterocycles. The Labute approximate surface area is 187 Å². The number of ketones is 1. The lowest BCUT2D eigenvalue weighted by Crippen LogP contribution is -2.32. The second-order valence-corrected chi connectivity index (χ2v) is 8.39. The summed E-state index contributed by atoms with van der Waals surface area (Å²) in [7, 11) is 0. The van der Waals surface area contributed by atoms with Crippen molar-refractivity contribution in [1.29, 1.82) is 0 Å². The summed E-state index contributed by atoms with van der Waals surface area (Å²) in [6.45, 7) is 7.88. The molecule has 1 amide bonds. The molecule has 1 unspecified atom stereocenters. The monoisotopic (exact) mass is 427 g/mol. The molecule has 6 heteroatoms. The van der Waals surface area contributed by atoms with E-state index < -0.39 is 17.7 Å². The van der Waals surface area contributed by atoms with Gasteiger partial charge in [0.2, 0.25) is 0 Å². The third kappa shape index (κ3) is 3.80. The van der Waals surface area contributed by atoms with Crippen LogP contribution in [0.1, 0.15) is 58.5 Å². The maximum Gasteiger partial charge on any atom is 0.295 e. The zero-order valence-corrected chi connectivity index (χ0v) is 18.5. The molecular formula is C26H25N3O3. The van der Waals surface area contributed by atoms with Crippen LogP contribution in [-0.2, 0) is 4.79 Å². The number of hydrogen-bond donors (Lipinski definition) is 1. The van der Waals surface area contributed by atoms with Crippen molar-refractivity contribution in [2.45, 2.75) is 39.7 Å². The summed E-state index contributed by atoms with van der Waals surface area (Å²) in [4.78, 5) is 28.0. The number of aromatic nitrogens is 2. The Bertz CT molecular complexity index is 1210. The highest BCUT2D eigenvalue weighted by Gasteiger charge is 2.45. The Morgan fingerprint density at radius 2 is 1.72 bits per heavy atom. The summed E-state index contributed by atoms with van der Waals surface area (Å²) < 4.78 is 0. The number of aliphatic hydroxyl groups is 1. The van der Waals surface area contributed by atoms with E-state index in [1.807, 2.05) is 37.3 Å². The van der Waals surface area contributed by atoms with Crippen LogP contribution in [0.15, 0.2) is 72.0 Å². The molecule has 3 aromatic rings. The Morgan fingerprint density at radius 1 is 1.00 bits per heavy atom. The molecule has 0 bridgehead atoms. The van der Waals surface area contributed by atoms with Gasteiger partial charge in [0.1, 0.15) is 0 Å². The number of Topliss-reactive ketones (excluding diaryl/α,β-unsaturated/α-hetero) is 1. The number of benzene rings is 2. The minimum Gasteiger partial charge on any atom is -0.503 e. The van der Waals surface area contributed by atoms with Crippen molar-refractivity contribution in [2.24, 2.45) is 0 Å². The number of aliphatic hydroxyl groups excluding tert-OH is 1. The minimum absolute atomic E-state index is 0.0419. The maximum absolute atomic E-state index is 13.5. The quantitative estimate of drug-likeness (QED) is 0.580. The van der Waals surface area contributed by atoms with Crippen LogP contribution in [0.4, 0.5) is 5.82 Å². The first-order valence-electron chi connectivity index (χ1n) is 10.6. The number of amides is 1. The lowest BCUT2D eigenvalue weighted by molar-refractivity contribution is -0.117. The second-order valence-electron chi connectivity index (χ2n) is 8.39. The van der Waals surface area contributed by atoms with Gasteiger partial charge < -0.3 is 5.11 Å². The van der Waals surface area contributed by atoms with Crippen molar-refractivity contribution in [1.82, 2.24) is 10.2 Å². The molecule has 1 N–H and O–H groups in total. The molecule has 1 atom stereocenters. The summed E-state index contributed by atoms with van der Waals surface area (Å²) in [5, 5.41) is 19.1. The summed E-state index contributed by atoms with van der Waals surface area (Å²) >= 11 is 0. The SMILES string of the molecule is Cc1cccc(C(=O)C2=C(O)C(=O)N(c3ccc(C)nn3)C2c2ccc(C(C)C)cc2)c1. The van der Waals surface area contributed by atoms with Gasteiger partial charge in [-0.3, -0.25) is 14.5 Å². The number of carbonyl (C=O) groups excluding carboxylic acids is 2. The summed E-state index contributed by atoms with van der Waals surface area (Å²) in [5.74, 6) is -1.00. The van der Waals surface area contributed by atoms with Crippen molar-refractivity contribution >= 4 is 17.5 Å². The van der Waals surface area contributed by atoms with Gasteiger partial charge in [-0.1, -0.05) is 61.9 Å². The normalized spacial score (nSPS) is 16.2. The van der Waals surface area contributed by atoms with Crippen LogP contribution in [0.25, 0.3) is 0 Å². The first kappa shape index (κ1) is 21.4. The largest absolute Gasteiger partial charge is 0.503 e. The van der Waals surface area contributed by atoms with E-state index in [-0.39, 0.29) is 17.2 Å². The van der Waals surface area contributed by atoms with Gasteiger partial charge in [-0.15, -0.1) is 5.10 Å². The molecule has 2 aromatic carbocycles. The van der Waals surface area contributed by atoms with Crippen LogP contribution < -0.4 is 4.90 Å². The Balaban J connectivity index is 1.86. The Kier molecular flexibility index (Phi) is 5.61. The molecule has 0 radical (unpaired) electrons. The molecule has 32 heavy (non-hydrogen) atoms. The molecule has 0 spiro atoms. The summed E-state index contributed by atoms with van der Waals surface area (Å²) in [6, 6.07) is 17.5. The van der Waals surface area contributed by atoms with Crippen LogP contribution in [0.5, 0.6) is 0 Å². The van der Waals surface area contributed by atoms with Crippen molar-refractivity contribution in [3.05, 3.63) is 99.9 Å². The van der Waals surface area contributed by atoms with E-state index in [0.717, 1.165) is 11.1 Å². The van der Waals surface area contributed by atoms with E-state index in [9.17, 15) is 14.7 Å². The smallest absolute Gasteiger partial charge is 0.295 e. The number of aryl methyl sites for hydroxylation is 2. The maximum atomic E-state index is 13.5. The van der Waals surface area contributed by atoms with Gasteiger partial charge in [-0.2, -0.15) is 5.10 Å². The zero-order valence-electron chi connectivity index (χ0n) is 18.5. The molecule has 2 heterocycles. The summed E-state index contributed by atoms with van der Waals surface area (Å²) in [5.41, 5.74) is 3.93. The van der Waals surface area contributed by atoms with Gasteiger partial charge in [0, 0.05) is 5.56 Å². The fourth-order valence-electron chi connectivity index (χ4n) is 3.91. The molecule has 1 aromatic heterocycles. The van der Waals surface area contributed by atoms with E-state index >= 15 is 0 Å². The molecule has 1 aliphatic rings. The van der Waals surface area contributed by atoms with E-state index in [1.165, 1.54) is 4.90 Å². The third-order valence-corrected chi connectivity index (χ3v) is 5.68. The van der Waals surface area contributed by atoms with Crippen molar-refractivity contribution < 1.29 is 14.7 Å². The van der Waals surface area contributed by atoms with Crippen LogP contribution in [-0.4, -0.2) is 27.0 Å². The predicted molar refractivity (Wildman–Crippen MR) is 123 cm³/mol. The highest BCUT2D eigenvalue weighted by molar-refractivity contribution is 6.20. The average Bonchev–Trinajstić information content (AvgIpc) is 3.04. The number of hydrogen-bond acceptors (Lipinski definition) is 5. The molecular weight excluding hydrogens is 402 g/mol. The van der Waals surface area contributed by atoms with Crippen LogP contribution in [0.3, 0.4) is 0 Å². The van der Waals surface area contributed by atoms with Gasteiger partial charge >= 0.3 is 0 Å². The number of carbonyl (C=O) groups is 2. The number of nitrogens with zero attached hydrogens (tertiary/aromatic N) is 3. The van der Waals surface area contributed by atoms with Crippen molar-refractivity contribution in [3.8, 4) is 0 Å². The standard InChI is InChI=1S/C26H25N3O3/c1-15(2)18-9-11-19(12-10-18)23-22(24(30)20-7-5-6-16(3)14-20)25(31)26(32)29(23)21-13-8-17(4)27-28-21/h5-15,23,31H,1-4H3. The third-order valence-electron chi connectivity index (χ3n) is 5.68. The Hall–Kier alpha value is -3.80. The molecule has 4 rings (SSSR count). The van der Waals surface area contributed by atoms with Crippen LogP contribution in [0.2, 0.25) is 0 Å². The molecule has 6 nitrogen and oxygen atoms in total. The lowest BCUT2D eigenvalue weighted by Gasteiger charge is -2.26. The first-order valence-corrected chi connectivity index (χ1v) is 10.6. The number of rotatable bonds is 5. The minimum atomic E-state index is -0.811. The predicted octanol–water partition coefficient (Wildman–Crippen LogP) is 5.00. The molecule has 162 valence electrons. The number of anilines is 1. The fourth-order valence-corrected chi connectivity index (χ4v) is 3.91. The highest BCUT2D eigenvalue weighted by atomic mass is 16.3. The van der Waals surface area contributed by atoms with Gasteiger partial charge in [-0.05, 0) is 49.1 Å². The van der Waals surface area contributed by atoms with E-state index in [0.29, 0.717) is 22.7 Å². The first-order chi connectivity index (χ1) is 15.3. The van der Waals surface area contributed by atoms with Crippen LogP contribution in [0, 0.1) is 13.8 Å². The van der Waals surface area contributed by atoms with Gasteiger partial charge in [-0.25, -0.2) is 0 Å². The second kappa shape index (κ2) is 8.38. The molecule has 0 fully saturated rings. The molecule has 0 aliphatic carbocycles. The zero-order chi connectivity index (χ0) is 23.0. The van der Waals surface area contributed by atoms with Gasteiger partial charge in [0.25, 0.3) is 5.91 Å².